The summed E-state index contributed by atoms with van der Waals surface area (Å²) in [4.78, 5) is 16.5. The fourth-order valence-corrected chi connectivity index (χ4v) is 4.61. The topological polar surface area (TPSA) is 82.6 Å². The van der Waals surface area contributed by atoms with Crippen LogP contribution in [0.2, 0.25) is 0 Å². The van der Waals surface area contributed by atoms with Crippen molar-refractivity contribution in [3.63, 3.8) is 0 Å². The van der Waals surface area contributed by atoms with E-state index in [4.69, 9.17) is 9.97 Å². The second-order valence-electron chi connectivity index (χ2n) is 7.99. The van der Waals surface area contributed by atoms with Crippen LogP contribution < -0.4 is 10.2 Å². The Kier molecular flexibility index (Phi) is 3.86. The molecule has 0 aromatic carbocycles. The number of pyridine rings is 1. The van der Waals surface area contributed by atoms with Gasteiger partial charge in [-0.1, -0.05) is 0 Å². The van der Waals surface area contributed by atoms with Gasteiger partial charge in [0.2, 0.25) is 0 Å². The number of rotatable bonds is 2. The quantitative estimate of drug-likeness (QED) is 0.728. The van der Waals surface area contributed by atoms with Crippen LogP contribution in [0.25, 0.3) is 22.3 Å². The molecule has 140 valence electrons. The van der Waals surface area contributed by atoms with Crippen LogP contribution in [0.3, 0.4) is 0 Å². The Bertz CT molecular complexity index is 958. The number of aromatic nitrogens is 5. The second-order valence-corrected chi connectivity index (χ2v) is 7.99. The third-order valence-corrected chi connectivity index (χ3v) is 6.29. The summed E-state index contributed by atoms with van der Waals surface area (Å²) in [6.07, 6.45) is 7.40. The maximum atomic E-state index is 5.02. The highest BCUT2D eigenvalue weighted by Gasteiger charge is 2.37. The Morgan fingerprint density at radius 3 is 2.67 bits per heavy atom. The third-order valence-electron chi connectivity index (χ3n) is 6.29. The maximum Gasteiger partial charge on any atom is 0.165 e. The number of H-pyrrole nitrogens is 1. The molecule has 3 aromatic rings. The average Bonchev–Trinajstić information content (AvgIpc) is 3.28. The molecular weight excluding hydrogens is 338 g/mol. The Labute approximate surface area is 158 Å². The van der Waals surface area contributed by atoms with Gasteiger partial charge in [-0.2, -0.15) is 5.10 Å². The minimum Gasteiger partial charge on any atom is -0.356 e. The molecule has 0 saturated carbocycles. The highest BCUT2D eigenvalue weighted by molar-refractivity contribution is 5.90. The molecule has 7 heteroatoms. The molecule has 0 aliphatic carbocycles. The summed E-state index contributed by atoms with van der Waals surface area (Å²) in [6, 6.07) is 2.03. The Balaban J connectivity index is 1.57. The summed E-state index contributed by atoms with van der Waals surface area (Å²) in [5.74, 6) is 1.76. The van der Waals surface area contributed by atoms with Crippen molar-refractivity contribution in [3.05, 3.63) is 29.8 Å². The normalized spacial score (nSPS) is 19.3. The van der Waals surface area contributed by atoms with Crippen LogP contribution >= 0.6 is 0 Å². The first kappa shape index (κ1) is 16.6. The van der Waals surface area contributed by atoms with Gasteiger partial charge in [0.1, 0.15) is 5.82 Å². The summed E-state index contributed by atoms with van der Waals surface area (Å²) in [5.41, 5.74) is 4.30. The molecular formula is C20H25N7. The van der Waals surface area contributed by atoms with E-state index in [1.165, 1.54) is 19.3 Å². The summed E-state index contributed by atoms with van der Waals surface area (Å²) >= 11 is 0. The first-order valence-electron chi connectivity index (χ1n) is 9.75. The number of aryl methyl sites for hydroxylation is 2. The van der Waals surface area contributed by atoms with Crippen molar-refractivity contribution < 1.29 is 0 Å². The van der Waals surface area contributed by atoms with Crippen LogP contribution in [-0.4, -0.2) is 51.3 Å². The minimum absolute atomic E-state index is 0.488. The highest BCUT2D eigenvalue weighted by Crippen LogP contribution is 2.39. The van der Waals surface area contributed by atoms with Gasteiger partial charge in [-0.05, 0) is 51.1 Å². The Morgan fingerprint density at radius 2 is 1.96 bits per heavy atom. The first-order chi connectivity index (χ1) is 13.2. The van der Waals surface area contributed by atoms with Crippen molar-refractivity contribution >= 4 is 16.7 Å². The van der Waals surface area contributed by atoms with Gasteiger partial charge < -0.3 is 10.2 Å². The fraction of sp³-hybridized carbons (Fsp3) is 0.500. The lowest BCUT2D eigenvalue weighted by molar-refractivity contribution is 0.247. The number of hydrogen-bond donors (Lipinski definition) is 2. The molecule has 0 unspecified atom stereocenters. The van der Waals surface area contributed by atoms with E-state index >= 15 is 0 Å². The van der Waals surface area contributed by atoms with E-state index in [2.05, 4.69) is 25.4 Å². The standard InChI is InChI=1S/C20H25N7/c1-13-17(14(2)26-25-13)18-23-16-11-21-7-3-15(16)19(24-18)27-9-5-20(6-10-27)4-8-22-12-20/h3,7,11,22H,4-6,8-10,12H2,1-2H3,(H,25,26). The monoisotopic (exact) mass is 363 g/mol. The lowest BCUT2D eigenvalue weighted by Gasteiger charge is -2.39. The van der Waals surface area contributed by atoms with Crippen molar-refractivity contribution in [2.24, 2.45) is 5.41 Å². The van der Waals surface area contributed by atoms with Crippen LogP contribution in [0.5, 0.6) is 0 Å². The van der Waals surface area contributed by atoms with E-state index in [-0.39, 0.29) is 0 Å². The van der Waals surface area contributed by atoms with Crippen molar-refractivity contribution in [1.82, 2.24) is 30.5 Å². The molecule has 3 aromatic heterocycles. The molecule has 1 spiro atoms. The molecule has 27 heavy (non-hydrogen) atoms. The van der Waals surface area contributed by atoms with E-state index in [1.54, 1.807) is 0 Å². The van der Waals surface area contributed by atoms with Crippen molar-refractivity contribution in [3.8, 4) is 11.4 Å². The van der Waals surface area contributed by atoms with Gasteiger partial charge >= 0.3 is 0 Å². The number of nitrogens with one attached hydrogen (secondary N) is 2. The zero-order chi connectivity index (χ0) is 18.4. The molecule has 0 radical (unpaired) electrons. The van der Waals surface area contributed by atoms with E-state index in [0.29, 0.717) is 5.41 Å². The molecule has 2 aliphatic rings. The Morgan fingerprint density at radius 1 is 1.11 bits per heavy atom. The van der Waals surface area contributed by atoms with E-state index in [0.717, 1.165) is 65.7 Å². The van der Waals surface area contributed by atoms with Crippen LogP contribution in [0.15, 0.2) is 18.5 Å². The molecule has 5 rings (SSSR count). The van der Waals surface area contributed by atoms with E-state index in [9.17, 15) is 0 Å². The number of fused-ring (bicyclic) bond motifs is 1. The molecule has 2 aliphatic heterocycles. The van der Waals surface area contributed by atoms with Crippen LogP contribution in [0, 0.1) is 19.3 Å². The van der Waals surface area contributed by atoms with Crippen LogP contribution in [-0.2, 0) is 0 Å². The summed E-state index contributed by atoms with van der Waals surface area (Å²) in [5, 5.41) is 12.0. The van der Waals surface area contributed by atoms with Gasteiger partial charge in [-0.3, -0.25) is 10.1 Å². The maximum absolute atomic E-state index is 5.02. The molecule has 0 bridgehead atoms. The molecule has 2 saturated heterocycles. The predicted molar refractivity (Wildman–Crippen MR) is 106 cm³/mol. The molecule has 2 fully saturated rings. The van der Waals surface area contributed by atoms with Crippen LogP contribution in [0.4, 0.5) is 5.82 Å². The lowest BCUT2D eigenvalue weighted by atomic mass is 9.78. The number of piperidine rings is 1. The van der Waals surface area contributed by atoms with Gasteiger partial charge in [0.25, 0.3) is 0 Å². The van der Waals surface area contributed by atoms with Crippen molar-refractivity contribution in [1.29, 1.82) is 0 Å². The molecule has 5 heterocycles. The molecule has 2 N–H and O–H groups in total. The molecule has 0 amide bonds. The van der Waals surface area contributed by atoms with Gasteiger partial charge in [-0.15, -0.1) is 0 Å². The minimum atomic E-state index is 0.488. The average molecular weight is 363 g/mol. The number of hydrogen-bond acceptors (Lipinski definition) is 6. The Hall–Kier alpha value is -2.54. The smallest absolute Gasteiger partial charge is 0.165 e. The number of nitrogens with zero attached hydrogens (tertiary/aromatic N) is 5. The largest absolute Gasteiger partial charge is 0.356 e. The zero-order valence-electron chi connectivity index (χ0n) is 15.9. The summed E-state index contributed by atoms with van der Waals surface area (Å²) in [6.45, 7) is 8.41. The fourth-order valence-electron chi connectivity index (χ4n) is 4.61. The van der Waals surface area contributed by atoms with Crippen molar-refractivity contribution in [2.75, 3.05) is 31.1 Å². The SMILES string of the molecule is Cc1n[nH]c(C)c1-c1nc(N2CCC3(CCNC3)CC2)c2ccncc2n1. The number of aromatic amines is 1. The molecule has 7 nitrogen and oxygen atoms in total. The second kappa shape index (κ2) is 6.27. The van der Waals surface area contributed by atoms with E-state index in [1.807, 2.05) is 32.3 Å². The number of anilines is 1. The first-order valence-corrected chi connectivity index (χ1v) is 9.75. The highest BCUT2D eigenvalue weighted by atomic mass is 15.2. The third kappa shape index (κ3) is 2.77. The van der Waals surface area contributed by atoms with E-state index < -0.39 is 0 Å². The van der Waals surface area contributed by atoms with Crippen LogP contribution in [0.1, 0.15) is 30.7 Å². The van der Waals surface area contributed by atoms with Gasteiger partial charge in [-0.25, -0.2) is 9.97 Å². The summed E-state index contributed by atoms with van der Waals surface area (Å²) < 4.78 is 0. The predicted octanol–water partition coefficient (Wildman–Crippen LogP) is 2.61. The van der Waals surface area contributed by atoms with Gasteiger partial charge in [0, 0.05) is 36.9 Å². The van der Waals surface area contributed by atoms with Gasteiger partial charge in [0.05, 0.1) is 23.0 Å². The van der Waals surface area contributed by atoms with Crippen molar-refractivity contribution in [2.45, 2.75) is 33.1 Å². The van der Waals surface area contributed by atoms with Gasteiger partial charge in [0.15, 0.2) is 5.82 Å². The lowest BCUT2D eigenvalue weighted by Crippen LogP contribution is -2.41. The zero-order valence-corrected chi connectivity index (χ0v) is 15.9. The summed E-state index contributed by atoms with van der Waals surface area (Å²) in [7, 11) is 0. The molecule has 0 atom stereocenters.